The van der Waals surface area contributed by atoms with Crippen molar-refractivity contribution in [3.63, 3.8) is 0 Å². The largest absolute Gasteiger partial charge is 0.366 e. The van der Waals surface area contributed by atoms with E-state index in [2.05, 4.69) is 15.6 Å². The summed E-state index contributed by atoms with van der Waals surface area (Å²) < 4.78 is 0. The average molecular weight is 406 g/mol. The lowest BCUT2D eigenvalue weighted by Crippen LogP contribution is -2.18. The highest BCUT2D eigenvalue weighted by Crippen LogP contribution is 2.34. The fourth-order valence-corrected chi connectivity index (χ4v) is 4.06. The number of aromatic nitrogens is 1. The number of thiazole rings is 1. The van der Waals surface area contributed by atoms with Crippen molar-refractivity contribution in [2.24, 2.45) is 5.73 Å². The van der Waals surface area contributed by atoms with E-state index in [1.165, 1.54) is 17.4 Å². The van der Waals surface area contributed by atoms with Crippen LogP contribution < -0.4 is 16.4 Å². The number of aryl methyl sites for hydroxylation is 2. The summed E-state index contributed by atoms with van der Waals surface area (Å²) in [6.07, 6.45) is 1.16. The first-order chi connectivity index (χ1) is 13.9. The van der Waals surface area contributed by atoms with Gasteiger partial charge in [0.25, 0.3) is 5.91 Å². The van der Waals surface area contributed by atoms with Crippen molar-refractivity contribution in [2.45, 2.75) is 19.8 Å². The zero-order valence-corrected chi connectivity index (χ0v) is 16.4. The van der Waals surface area contributed by atoms with Gasteiger partial charge in [-0.1, -0.05) is 12.1 Å². The van der Waals surface area contributed by atoms with Gasteiger partial charge in [-0.2, -0.15) is 0 Å². The van der Waals surface area contributed by atoms with E-state index in [1.807, 2.05) is 25.1 Å². The molecule has 146 valence electrons. The van der Waals surface area contributed by atoms with Crippen molar-refractivity contribution in [2.75, 3.05) is 10.6 Å². The Morgan fingerprint density at radius 2 is 1.93 bits per heavy atom. The summed E-state index contributed by atoms with van der Waals surface area (Å²) in [6.45, 7) is 1.94. The van der Waals surface area contributed by atoms with Crippen LogP contribution in [0.4, 0.5) is 10.8 Å². The Labute approximate surface area is 171 Å². The molecule has 0 saturated heterocycles. The first-order valence-electron chi connectivity index (χ1n) is 9.02. The van der Waals surface area contributed by atoms with Crippen LogP contribution in [0.1, 0.15) is 37.6 Å². The molecule has 8 heteroatoms. The van der Waals surface area contributed by atoms with E-state index in [9.17, 15) is 14.4 Å². The minimum Gasteiger partial charge on any atom is -0.366 e. The number of anilines is 2. The summed E-state index contributed by atoms with van der Waals surface area (Å²) in [4.78, 5) is 40.9. The molecule has 4 rings (SSSR count). The highest BCUT2D eigenvalue weighted by molar-refractivity contribution is 7.16. The van der Waals surface area contributed by atoms with Gasteiger partial charge in [-0.3, -0.25) is 19.7 Å². The highest BCUT2D eigenvalue weighted by Gasteiger charge is 2.18. The Hall–Kier alpha value is -3.52. The van der Waals surface area contributed by atoms with E-state index in [-0.39, 0.29) is 17.4 Å². The highest BCUT2D eigenvalue weighted by atomic mass is 32.1. The first-order valence-corrected chi connectivity index (χ1v) is 9.84. The third kappa shape index (κ3) is 3.88. The van der Waals surface area contributed by atoms with Gasteiger partial charge in [0.15, 0.2) is 5.13 Å². The molecule has 0 aliphatic carbocycles. The van der Waals surface area contributed by atoms with Crippen LogP contribution in [0, 0.1) is 6.92 Å². The molecule has 0 spiro atoms. The normalized spacial score (nSPS) is 12.8. The predicted molar refractivity (Wildman–Crippen MR) is 112 cm³/mol. The number of amides is 3. The quantitative estimate of drug-likeness (QED) is 0.616. The molecule has 3 amide bonds. The van der Waals surface area contributed by atoms with Crippen LogP contribution in [0.3, 0.4) is 0 Å². The number of nitrogens with two attached hydrogens (primary N) is 1. The zero-order chi connectivity index (χ0) is 20.5. The van der Waals surface area contributed by atoms with Crippen LogP contribution >= 0.6 is 11.3 Å². The summed E-state index contributed by atoms with van der Waals surface area (Å²) in [5.41, 5.74) is 9.51. The molecule has 7 nitrogen and oxygen atoms in total. The van der Waals surface area contributed by atoms with Crippen molar-refractivity contribution in [3.8, 4) is 11.3 Å². The molecule has 1 aromatic heterocycles. The molecular formula is C21H18N4O3S. The Kier molecular flexibility index (Phi) is 4.85. The standard InChI is InChI=1S/C21H18N4O3S/c1-11-18(13-5-7-16-12(9-13)6-8-17(26)23-16)24-21(29-11)25-20(28)15-4-2-3-14(10-15)19(22)27/h2-5,7,9-10H,6,8H2,1H3,(H2,22,27)(H,23,26)(H,24,25,28). The van der Waals surface area contributed by atoms with Crippen molar-refractivity contribution in [1.29, 1.82) is 0 Å². The van der Waals surface area contributed by atoms with Crippen molar-refractivity contribution >= 4 is 39.9 Å². The van der Waals surface area contributed by atoms with Crippen molar-refractivity contribution in [3.05, 3.63) is 64.0 Å². The van der Waals surface area contributed by atoms with Crippen LogP contribution in [-0.2, 0) is 11.2 Å². The fraction of sp³-hybridized carbons (Fsp3) is 0.143. The molecule has 1 aliphatic rings. The van der Waals surface area contributed by atoms with E-state index in [4.69, 9.17) is 5.73 Å². The Morgan fingerprint density at radius 3 is 2.72 bits per heavy atom. The summed E-state index contributed by atoms with van der Waals surface area (Å²) >= 11 is 1.38. The van der Waals surface area contributed by atoms with Gasteiger partial charge in [0, 0.05) is 33.7 Å². The van der Waals surface area contributed by atoms with Crippen LogP contribution in [0.15, 0.2) is 42.5 Å². The molecule has 0 atom stereocenters. The number of benzene rings is 2. The Morgan fingerprint density at radius 1 is 1.14 bits per heavy atom. The number of nitrogens with one attached hydrogen (secondary N) is 2. The maximum atomic E-state index is 12.5. The lowest BCUT2D eigenvalue weighted by atomic mass is 9.99. The van der Waals surface area contributed by atoms with Crippen molar-refractivity contribution < 1.29 is 14.4 Å². The molecular weight excluding hydrogens is 388 g/mol. The number of hydrogen-bond donors (Lipinski definition) is 3. The number of primary amides is 1. The van der Waals surface area contributed by atoms with Gasteiger partial charge in [-0.05, 0) is 49.2 Å². The van der Waals surface area contributed by atoms with Crippen LogP contribution in [-0.4, -0.2) is 22.7 Å². The molecule has 2 aromatic carbocycles. The number of nitrogens with zero attached hydrogens (tertiary/aromatic N) is 1. The molecule has 0 saturated carbocycles. The lowest BCUT2D eigenvalue weighted by molar-refractivity contribution is -0.116. The Bertz CT molecular complexity index is 1150. The molecule has 0 radical (unpaired) electrons. The number of rotatable bonds is 4. The van der Waals surface area contributed by atoms with Crippen LogP contribution in [0.5, 0.6) is 0 Å². The van der Waals surface area contributed by atoms with Gasteiger partial charge in [-0.25, -0.2) is 4.98 Å². The van der Waals surface area contributed by atoms with Gasteiger partial charge >= 0.3 is 0 Å². The molecule has 29 heavy (non-hydrogen) atoms. The maximum Gasteiger partial charge on any atom is 0.257 e. The van der Waals surface area contributed by atoms with E-state index < -0.39 is 5.91 Å². The number of fused-ring (bicyclic) bond motifs is 1. The number of hydrogen-bond acceptors (Lipinski definition) is 5. The summed E-state index contributed by atoms with van der Waals surface area (Å²) in [6, 6.07) is 12.1. The molecule has 4 N–H and O–H groups in total. The summed E-state index contributed by atoms with van der Waals surface area (Å²) in [5, 5.41) is 6.12. The van der Waals surface area contributed by atoms with Gasteiger partial charge in [0.2, 0.25) is 11.8 Å². The van der Waals surface area contributed by atoms with Crippen molar-refractivity contribution in [1.82, 2.24) is 4.98 Å². The van der Waals surface area contributed by atoms with E-state index in [1.54, 1.807) is 18.2 Å². The SMILES string of the molecule is Cc1sc(NC(=O)c2cccc(C(N)=O)c2)nc1-c1ccc2c(c1)CCC(=O)N2. The minimum atomic E-state index is -0.587. The maximum absolute atomic E-state index is 12.5. The number of carbonyl (C=O) groups excluding carboxylic acids is 3. The second kappa shape index (κ2) is 7.48. The topological polar surface area (TPSA) is 114 Å². The zero-order valence-electron chi connectivity index (χ0n) is 15.6. The Balaban J connectivity index is 1.57. The number of carbonyl (C=O) groups is 3. The second-order valence-electron chi connectivity index (χ2n) is 6.74. The molecule has 3 aromatic rings. The van der Waals surface area contributed by atoms with E-state index in [0.717, 1.165) is 27.4 Å². The molecule has 1 aliphatic heterocycles. The predicted octanol–water partition coefficient (Wildman–Crippen LogP) is 3.35. The summed E-state index contributed by atoms with van der Waals surface area (Å²) in [7, 11) is 0. The van der Waals surface area contributed by atoms with Gasteiger partial charge in [0.05, 0.1) is 5.69 Å². The molecule has 0 fully saturated rings. The van der Waals surface area contributed by atoms with Gasteiger partial charge < -0.3 is 11.1 Å². The lowest BCUT2D eigenvalue weighted by Gasteiger charge is -2.17. The third-order valence-corrected chi connectivity index (χ3v) is 5.59. The fourth-order valence-electron chi connectivity index (χ4n) is 3.23. The molecule has 0 bridgehead atoms. The molecule has 0 unspecified atom stereocenters. The summed E-state index contributed by atoms with van der Waals surface area (Å²) in [5.74, 6) is -0.919. The smallest absolute Gasteiger partial charge is 0.257 e. The van der Waals surface area contributed by atoms with E-state index in [0.29, 0.717) is 23.5 Å². The molecule has 2 heterocycles. The average Bonchev–Trinajstić information content (AvgIpc) is 3.07. The van der Waals surface area contributed by atoms with Gasteiger partial charge in [0.1, 0.15) is 0 Å². The third-order valence-electron chi connectivity index (χ3n) is 4.70. The van der Waals surface area contributed by atoms with E-state index >= 15 is 0 Å². The monoisotopic (exact) mass is 406 g/mol. The van der Waals surface area contributed by atoms with Crippen LogP contribution in [0.25, 0.3) is 11.3 Å². The first kappa shape index (κ1) is 18.8. The van der Waals surface area contributed by atoms with Crippen LogP contribution in [0.2, 0.25) is 0 Å². The second-order valence-corrected chi connectivity index (χ2v) is 7.95. The van der Waals surface area contributed by atoms with Gasteiger partial charge in [-0.15, -0.1) is 11.3 Å². The minimum absolute atomic E-state index is 0.0282.